The van der Waals surface area contributed by atoms with Crippen LogP contribution in [0.5, 0.6) is 0 Å². The molecule has 0 spiro atoms. The minimum atomic E-state index is -0.833. The van der Waals surface area contributed by atoms with Gasteiger partial charge in [-0.3, -0.25) is 4.79 Å². The molecule has 0 aliphatic heterocycles. The van der Waals surface area contributed by atoms with Gasteiger partial charge in [0.2, 0.25) is 0 Å². The highest BCUT2D eigenvalue weighted by molar-refractivity contribution is 5.85. The largest absolute Gasteiger partial charge is 0.481 e. The van der Waals surface area contributed by atoms with Gasteiger partial charge in [0, 0.05) is 19.0 Å². The minimum absolute atomic E-state index is 0.437. The summed E-state index contributed by atoms with van der Waals surface area (Å²) in [6.45, 7) is 9.92. The molecule has 0 radical (unpaired) electrons. The number of carboxylic acids is 2. The van der Waals surface area contributed by atoms with Crippen molar-refractivity contribution in [2.75, 3.05) is 19.6 Å². The predicted octanol–water partition coefficient (Wildman–Crippen LogP) is 1.84. The van der Waals surface area contributed by atoms with Gasteiger partial charge in [-0.2, -0.15) is 0 Å². The molecule has 0 aromatic carbocycles. The van der Waals surface area contributed by atoms with E-state index in [1.165, 1.54) is 0 Å². The standard InChI is InChI=1S/C10H19NO2.C2H4O2/c1-4-11(5-2)8-6-7-9(3)10(12)13;1-2(3)4/h7H,4-6,8H2,1-3H3,(H,12,13);1H3,(H,3,4). The van der Waals surface area contributed by atoms with E-state index in [1.54, 1.807) is 13.0 Å². The minimum Gasteiger partial charge on any atom is -0.481 e. The molecule has 0 atom stereocenters. The third kappa shape index (κ3) is 14.6. The molecule has 0 aromatic rings. The van der Waals surface area contributed by atoms with Crippen molar-refractivity contribution in [1.82, 2.24) is 4.90 Å². The number of nitrogens with zero attached hydrogens (tertiary/aromatic N) is 1. The topological polar surface area (TPSA) is 77.8 Å². The third-order valence-corrected chi connectivity index (χ3v) is 2.13. The second kappa shape index (κ2) is 11.1. The molecule has 0 saturated heterocycles. The van der Waals surface area contributed by atoms with E-state index >= 15 is 0 Å². The highest BCUT2D eigenvalue weighted by atomic mass is 16.4. The number of rotatable bonds is 6. The molecule has 17 heavy (non-hydrogen) atoms. The van der Waals surface area contributed by atoms with Crippen LogP contribution >= 0.6 is 0 Å². The highest BCUT2D eigenvalue weighted by Gasteiger charge is 2.00. The fourth-order valence-corrected chi connectivity index (χ4v) is 1.09. The summed E-state index contributed by atoms with van der Waals surface area (Å²) in [5.41, 5.74) is 0.437. The zero-order valence-corrected chi connectivity index (χ0v) is 11.1. The van der Waals surface area contributed by atoms with Gasteiger partial charge >= 0.3 is 5.97 Å². The van der Waals surface area contributed by atoms with Crippen LogP contribution in [0.15, 0.2) is 11.6 Å². The molecule has 5 heteroatoms. The quantitative estimate of drug-likeness (QED) is 0.698. The van der Waals surface area contributed by atoms with Gasteiger partial charge in [-0.1, -0.05) is 19.9 Å². The summed E-state index contributed by atoms with van der Waals surface area (Å²) < 4.78 is 0. The molecule has 0 aromatic heterocycles. The van der Waals surface area contributed by atoms with Gasteiger partial charge in [0.25, 0.3) is 5.97 Å². The van der Waals surface area contributed by atoms with E-state index in [1.807, 2.05) is 0 Å². The van der Waals surface area contributed by atoms with Crippen LogP contribution in [0, 0.1) is 0 Å². The summed E-state index contributed by atoms with van der Waals surface area (Å²) >= 11 is 0. The van der Waals surface area contributed by atoms with E-state index in [2.05, 4.69) is 18.7 Å². The maximum absolute atomic E-state index is 10.4. The number of aliphatic carboxylic acids is 2. The highest BCUT2D eigenvalue weighted by Crippen LogP contribution is 1.97. The van der Waals surface area contributed by atoms with Gasteiger partial charge in [-0.05, 0) is 26.4 Å². The lowest BCUT2D eigenvalue weighted by Crippen LogP contribution is -2.23. The molecule has 0 rings (SSSR count). The third-order valence-electron chi connectivity index (χ3n) is 2.13. The van der Waals surface area contributed by atoms with E-state index in [0.717, 1.165) is 33.0 Å². The molecule has 0 heterocycles. The SMILES string of the molecule is CC(=O)O.CCN(CC)CCC=C(C)C(=O)O. The van der Waals surface area contributed by atoms with E-state index in [0.29, 0.717) is 5.57 Å². The number of hydrogen-bond acceptors (Lipinski definition) is 3. The average molecular weight is 245 g/mol. The van der Waals surface area contributed by atoms with Gasteiger partial charge in [-0.25, -0.2) is 4.79 Å². The van der Waals surface area contributed by atoms with Crippen molar-refractivity contribution in [2.45, 2.75) is 34.1 Å². The molecule has 0 saturated carbocycles. The molecule has 2 N–H and O–H groups in total. The maximum Gasteiger partial charge on any atom is 0.330 e. The van der Waals surface area contributed by atoms with Gasteiger partial charge < -0.3 is 15.1 Å². The Labute approximate surface area is 103 Å². The van der Waals surface area contributed by atoms with Gasteiger partial charge in [-0.15, -0.1) is 0 Å². The molecule has 0 fully saturated rings. The van der Waals surface area contributed by atoms with Crippen LogP contribution in [0.3, 0.4) is 0 Å². The van der Waals surface area contributed by atoms with Crippen molar-refractivity contribution in [1.29, 1.82) is 0 Å². The van der Waals surface area contributed by atoms with Gasteiger partial charge in [0.1, 0.15) is 0 Å². The Morgan fingerprint density at radius 1 is 1.12 bits per heavy atom. The molecule has 0 bridgehead atoms. The zero-order valence-electron chi connectivity index (χ0n) is 11.1. The molecule has 0 aliphatic carbocycles. The summed E-state index contributed by atoms with van der Waals surface area (Å²) in [6.07, 6.45) is 2.60. The number of carboxylic acid groups (broad SMARTS) is 2. The van der Waals surface area contributed by atoms with E-state index in [9.17, 15) is 4.79 Å². The normalized spacial score (nSPS) is 10.8. The molecule has 0 aliphatic rings. The lowest BCUT2D eigenvalue weighted by atomic mass is 10.2. The first kappa shape index (κ1) is 18.0. The van der Waals surface area contributed by atoms with Crippen LogP contribution in [0.25, 0.3) is 0 Å². The number of hydrogen-bond donors (Lipinski definition) is 2. The first-order valence-electron chi connectivity index (χ1n) is 5.67. The van der Waals surface area contributed by atoms with E-state index < -0.39 is 11.9 Å². The summed E-state index contributed by atoms with van der Waals surface area (Å²) in [5.74, 6) is -1.65. The van der Waals surface area contributed by atoms with Gasteiger partial charge in [0.15, 0.2) is 0 Å². The van der Waals surface area contributed by atoms with Crippen molar-refractivity contribution in [3.8, 4) is 0 Å². The second-order valence-electron chi connectivity index (χ2n) is 3.53. The molecule has 0 unspecified atom stereocenters. The van der Waals surface area contributed by atoms with Crippen molar-refractivity contribution in [3.05, 3.63) is 11.6 Å². The summed E-state index contributed by atoms with van der Waals surface area (Å²) in [7, 11) is 0. The Morgan fingerprint density at radius 3 is 1.82 bits per heavy atom. The van der Waals surface area contributed by atoms with Crippen LogP contribution in [0.2, 0.25) is 0 Å². The van der Waals surface area contributed by atoms with Gasteiger partial charge in [0.05, 0.1) is 0 Å². The summed E-state index contributed by atoms with van der Waals surface area (Å²) in [5, 5.41) is 16.0. The summed E-state index contributed by atoms with van der Waals surface area (Å²) in [4.78, 5) is 21.7. The van der Waals surface area contributed by atoms with Crippen molar-refractivity contribution in [2.24, 2.45) is 0 Å². The fourth-order valence-electron chi connectivity index (χ4n) is 1.09. The summed E-state index contributed by atoms with van der Waals surface area (Å²) in [6, 6.07) is 0. The molecule has 0 amide bonds. The lowest BCUT2D eigenvalue weighted by Gasteiger charge is -2.16. The fraction of sp³-hybridized carbons (Fsp3) is 0.667. The van der Waals surface area contributed by atoms with E-state index in [4.69, 9.17) is 15.0 Å². The molecular weight excluding hydrogens is 222 g/mol. The van der Waals surface area contributed by atoms with Crippen LogP contribution < -0.4 is 0 Å². The average Bonchev–Trinajstić information content (AvgIpc) is 2.23. The van der Waals surface area contributed by atoms with Crippen molar-refractivity contribution in [3.63, 3.8) is 0 Å². The Kier molecular flexibility index (Phi) is 11.8. The van der Waals surface area contributed by atoms with E-state index in [-0.39, 0.29) is 0 Å². The first-order chi connectivity index (χ1) is 7.84. The Hall–Kier alpha value is -1.36. The lowest BCUT2D eigenvalue weighted by molar-refractivity contribution is -0.134. The Morgan fingerprint density at radius 2 is 1.53 bits per heavy atom. The molecule has 100 valence electrons. The predicted molar refractivity (Wildman–Crippen MR) is 67.1 cm³/mol. The maximum atomic E-state index is 10.4. The van der Waals surface area contributed by atoms with Crippen LogP contribution in [-0.2, 0) is 9.59 Å². The first-order valence-corrected chi connectivity index (χ1v) is 5.67. The van der Waals surface area contributed by atoms with Crippen molar-refractivity contribution >= 4 is 11.9 Å². The van der Waals surface area contributed by atoms with Crippen LogP contribution in [-0.4, -0.2) is 46.7 Å². The second-order valence-corrected chi connectivity index (χ2v) is 3.53. The van der Waals surface area contributed by atoms with Crippen LogP contribution in [0.1, 0.15) is 34.1 Å². The monoisotopic (exact) mass is 245 g/mol. The Bertz CT molecular complexity index is 253. The van der Waals surface area contributed by atoms with Crippen LogP contribution in [0.4, 0.5) is 0 Å². The Balaban J connectivity index is 0. The number of carbonyl (C=O) groups is 2. The molecular formula is C12H23NO4. The molecule has 5 nitrogen and oxygen atoms in total. The zero-order chi connectivity index (χ0) is 13.8. The smallest absolute Gasteiger partial charge is 0.330 e. The van der Waals surface area contributed by atoms with Crippen molar-refractivity contribution < 1.29 is 19.8 Å².